The number of amides is 1. The van der Waals surface area contributed by atoms with Gasteiger partial charge in [0, 0.05) is 5.39 Å². The second kappa shape index (κ2) is 6.79. The molecule has 0 saturated heterocycles. The summed E-state index contributed by atoms with van der Waals surface area (Å²) in [5, 5.41) is 3.94. The Morgan fingerprint density at radius 3 is 2.54 bits per heavy atom. The molecule has 0 aliphatic heterocycles. The van der Waals surface area contributed by atoms with Crippen molar-refractivity contribution in [3.8, 4) is 5.75 Å². The molecule has 1 aromatic heterocycles. The molecule has 1 atom stereocenters. The van der Waals surface area contributed by atoms with Gasteiger partial charge in [0.25, 0.3) is 5.91 Å². The highest BCUT2D eigenvalue weighted by atomic mass is 16.5. The second-order valence-corrected chi connectivity index (χ2v) is 5.99. The Labute approximate surface area is 141 Å². The first-order chi connectivity index (χ1) is 11.5. The van der Waals surface area contributed by atoms with Gasteiger partial charge in [0.05, 0.1) is 6.04 Å². The average Bonchev–Trinajstić information content (AvgIpc) is 2.98. The second-order valence-electron chi connectivity index (χ2n) is 5.99. The largest absolute Gasteiger partial charge is 0.483 e. The topological polar surface area (TPSA) is 51.5 Å². The van der Waals surface area contributed by atoms with E-state index in [2.05, 4.69) is 5.32 Å². The van der Waals surface area contributed by atoms with Crippen LogP contribution in [-0.4, -0.2) is 12.5 Å². The zero-order valence-electron chi connectivity index (χ0n) is 14.1. The minimum Gasteiger partial charge on any atom is -0.483 e. The van der Waals surface area contributed by atoms with Gasteiger partial charge in [-0.05, 0) is 44.0 Å². The molecular weight excluding hydrogens is 302 g/mol. The van der Waals surface area contributed by atoms with Crippen molar-refractivity contribution in [1.29, 1.82) is 0 Å². The lowest BCUT2D eigenvalue weighted by atomic mass is 10.1. The minimum absolute atomic E-state index is 0.0176. The van der Waals surface area contributed by atoms with E-state index in [0.29, 0.717) is 0 Å². The van der Waals surface area contributed by atoms with E-state index in [-0.39, 0.29) is 18.6 Å². The van der Waals surface area contributed by atoms with E-state index in [4.69, 9.17) is 9.15 Å². The van der Waals surface area contributed by atoms with Crippen molar-refractivity contribution >= 4 is 16.9 Å². The van der Waals surface area contributed by atoms with Gasteiger partial charge in [-0.2, -0.15) is 0 Å². The van der Waals surface area contributed by atoms with E-state index in [1.54, 1.807) is 0 Å². The van der Waals surface area contributed by atoms with E-state index >= 15 is 0 Å². The Bertz CT molecular complexity index is 813. The maximum Gasteiger partial charge on any atom is 0.258 e. The van der Waals surface area contributed by atoms with Gasteiger partial charge in [-0.15, -0.1) is 0 Å². The van der Waals surface area contributed by atoms with Crippen molar-refractivity contribution in [3.05, 3.63) is 65.4 Å². The van der Waals surface area contributed by atoms with Crippen LogP contribution >= 0.6 is 0 Å². The number of fused-ring (bicyclic) bond motifs is 1. The van der Waals surface area contributed by atoms with Crippen LogP contribution in [0.3, 0.4) is 0 Å². The SMILES string of the molecule is Cc1cccc(C)c1OCC(=O)NC(C)c1cc2ccccc2o1. The molecule has 2 aromatic carbocycles. The Hall–Kier alpha value is -2.75. The van der Waals surface area contributed by atoms with Gasteiger partial charge >= 0.3 is 0 Å². The maximum atomic E-state index is 12.2. The normalized spacial score (nSPS) is 12.1. The van der Waals surface area contributed by atoms with Crippen molar-refractivity contribution in [1.82, 2.24) is 5.32 Å². The Morgan fingerprint density at radius 1 is 1.12 bits per heavy atom. The number of benzene rings is 2. The Kier molecular flexibility index (Phi) is 4.56. The van der Waals surface area contributed by atoms with E-state index in [1.165, 1.54) is 0 Å². The summed E-state index contributed by atoms with van der Waals surface area (Å²) in [6.45, 7) is 5.82. The summed E-state index contributed by atoms with van der Waals surface area (Å²) in [6.07, 6.45) is 0. The van der Waals surface area contributed by atoms with Crippen molar-refractivity contribution in [3.63, 3.8) is 0 Å². The van der Waals surface area contributed by atoms with Gasteiger partial charge in [-0.25, -0.2) is 0 Å². The highest BCUT2D eigenvalue weighted by Crippen LogP contribution is 2.24. The molecular formula is C20H21NO3. The standard InChI is InChI=1S/C20H21NO3/c1-13-7-6-8-14(2)20(13)23-12-19(22)21-15(3)18-11-16-9-4-5-10-17(16)24-18/h4-11,15H,12H2,1-3H3,(H,21,22). The van der Waals surface area contributed by atoms with Gasteiger partial charge in [0.15, 0.2) is 6.61 Å². The predicted molar refractivity (Wildman–Crippen MR) is 94.2 cm³/mol. The molecule has 0 bridgehead atoms. The van der Waals surface area contributed by atoms with E-state index in [9.17, 15) is 4.79 Å². The quantitative estimate of drug-likeness (QED) is 0.761. The number of rotatable bonds is 5. The molecule has 3 rings (SSSR count). The van der Waals surface area contributed by atoms with Crippen molar-refractivity contribution in [2.75, 3.05) is 6.61 Å². The fourth-order valence-electron chi connectivity index (χ4n) is 2.73. The number of carbonyl (C=O) groups is 1. The highest BCUT2D eigenvalue weighted by molar-refractivity contribution is 5.79. The van der Waals surface area contributed by atoms with Gasteiger partial charge < -0.3 is 14.5 Å². The van der Waals surface area contributed by atoms with E-state index in [0.717, 1.165) is 33.6 Å². The molecule has 1 heterocycles. The van der Waals surface area contributed by atoms with Crippen LogP contribution in [0.5, 0.6) is 5.75 Å². The number of para-hydroxylation sites is 2. The van der Waals surface area contributed by atoms with Gasteiger partial charge in [0.2, 0.25) is 0 Å². The van der Waals surface area contributed by atoms with E-state index in [1.807, 2.05) is 69.3 Å². The Balaban J connectivity index is 1.62. The van der Waals surface area contributed by atoms with Crippen LogP contribution in [0, 0.1) is 13.8 Å². The molecule has 1 N–H and O–H groups in total. The number of hydrogen-bond donors (Lipinski definition) is 1. The summed E-state index contributed by atoms with van der Waals surface area (Å²) >= 11 is 0. The number of nitrogens with one attached hydrogen (secondary N) is 1. The lowest BCUT2D eigenvalue weighted by molar-refractivity contribution is -0.123. The molecule has 1 amide bonds. The summed E-state index contributed by atoms with van der Waals surface area (Å²) in [5.74, 6) is 1.33. The molecule has 0 spiro atoms. The number of ether oxygens (including phenoxy) is 1. The van der Waals surface area contributed by atoms with Crippen molar-refractivity contribution in [2.24, 2.45) is 0 Å². The first-order valence-corrected chi connectivity index (χ1v) is 8.01. The van der Waals surface area contributed by atoms with Crippen LogP contribution in [0.2, 0.25) is 0 Å². The zero-order valence-corrected chi connectivity index (χ0v) is 14.1. The van der Waals surface area contributed by atoms with Gasteiger partial charge in [0.1, 0.15) is 17.1 Å². The summed E-state index contributed by atoms with van der Waals surface area (Å²) in [7, 11) is 0. The summed E-state index contributed by atoms with van der Waals surface area (Å²) in [6, 6.07) is 15.4. The Morgan fingerprint density at radius 2 is 1.83 bits per heavy atom. The molecule has 1 unspecified atom stereocenters. The third-order valence-electron chi connectivity index (χ3n) is 4.01. The number of hydrogen-bond acceptors (Lipinski definition) is 3. The molecule has 124 valence electrons. The summed E-state index contributed by atoms with van der Waals surface area (Å²) < 4.78 is 11.5. The van der Waals surface area contributed by atoms with Crippen molar-refractivity contribution < 1.29 is 13.9 Å². The van der Waals surface area contributed by atoms with Crippen LogP contribution in [0.4, 0.5) is 0 Å². The lowest BCUT2D eigenvalue weighted by Crippen LogP contribution is -2.31. The number of furan rings is 1. The molecule has 3 aromatic rings. The van der Waals surface area contributed by atoms with Crippen LogP contribution in [0.25, 0.3) is 11.0 Å². The van der Waals surface area contributed by atoms with E-state index < -0.39 is 0 Å². The molecule has 0 aliphatic rings. The maximum absolute atomic E-state index is 12.2. The van der Waals surface area contributed by atoms with Crippen LogP contribution in [0.15, 0.2) is 52.9 Å². The zero-order chi connectivity index (χ0) is 17.1. The predicted octanol–water partition coefficient (Wildman–Crippen LogP) is 4.31. The third-order valence-corrected chi connectivity index (χ3v) is 4.01. The molecule has 0 radical (unpaired) electrons. The van der Waals surface area contributed by atoms with Crippen LogP contribution < -0.4 is 10.1 Å². The third kappa shape index (κ3) is 3.43. The average molecular weight is 323 g/mol. The van der Waals surface area contributed by atoms with Crippen LogP contribution in [0.1, 0.15) is 29.9 Å². The highest BCUT2D eigenvalue weighted by Gasteiger charge is 2.15. The fraction of sp³-hybridized carbons (Fsp3) is 0.250. The van der Waals surface area contributed by atoms with Crippen LogP contribution in [-0.2, 0) is 4.79 Å². The van der Waals surface area contributed by atoms with Crippen molar-refractivity contribution in [2.45, 2.75) is 26.8 Å². The van der Waals surface area contributed by atoms with Gasteiger partial charge in [-0.3, -0.25) is 4.79 Å². The summed E-state index contributed by atoms with van der Waals surface area (Å²) in [5.41, 5.74) is 2.86. The molecule has 4 heteroatoms. The first kappa shape index (κ1) is 16.1. The molecule has 0 aliphatic carbocycles. The lowest BCUT2D eigenvalue weighted by Gasteiger charge is -2.14. The smallest absolute Gasteiger partial charge is 0.258 e. The monoisotopic (exact) mass is 323 g/mol. The fourth-order valence-corrected chi connectivity index (χ4v) is 2.73. The summed E-state index contributed by atoms with van der Waals surface area (Å²) in [4.78, 5) is 12.2. The molecule has 0 fully saturated rings. The molecule has 0 saturated carbocycles. The van der Waals surface area contributed by atoms with Gasteiger partial charge in [-0.1, -0.05) is 36.4 Å². The molecule has 24 heavy (non-hydrogen) atoms. The minimum atomic E-state index is -0.216. The first-order valence-electron chi connectivity index (χ1n) is 8.01. The number of carbonyl (C=O) groups excluding carboxylic acids is 1. The number of aryl methyl sites for hydroxylation is 2. The molecule has 4 nitrogen and oxygen atoms in total.